The summed E-state index contributed by atoms with van der Waals surface area (Å²) >= 11 is 0. The molecule has 0 N–H and O–H groups in total. The molecule has 0 bridgehead atoms. The summed E-state index contributed by atoms with van der Waals surface area (Å²) in [5.74, 6) is 0.683. The average molecular weight is 264 g/mol. The third-order valence-corrected chi connectivity index (χ3v) is 3.10. The first-order chi connectivity index (χ1) is 9.61. The quantitative estimate of drug-likeness (QED) is 0.575. The summed E-state index contributed by atoms with van der Waals surface area (Å²) in [6, 6.07) is 9.67. The van der Waals surface area contributed by atoms with E-state index in [1.807, 2.05) is 50.3 Å². The van der Waals surface area contributed by atoms with E-state index in [1.54, 1.807) is 13.0 Å². The second kappa shape index (κ2) is 5.54. The predicted molar refractivity (Wildman–Crippen MR) is 84.5 cm³/mol. The molecule has 2 aromatic carbocycles. The van der Waals surface area contributed by atoms with Crippen LogP contribution in [0, 0.1) is 0 Å². The number of ether oxygens (including phenoxy) is 1. The van der Waals surface area contributed by atoms with Gasteiger partial charge in [-0.05, 0) is 18.4 Å². The molecule has 0 amide bonds. The first-order valence-corrected chi connectivity index (χ1v) is 6.79. The van der Waals surface area contributed by atoms with Crippen molar-refractivity contribution >= 4 is 31.0 Å². The Balaban J connectivity index is 0.000000704. The van der Waals surface area contributed by atoms with Crippen LogP contribution in [0.3, 0.4) is 0 Å². The summed E-state index contributed by atoms with van der Waals surface area (Å²) in [5, 5.41) is 1.95. The highest BCUT2D eigenvalue weighted by atomic mass is 16.5. The van der Waals surface area contributed by atoms with Crippen LogP contribution >= 0.6 is 0 Å². The second-order valence-corrected chi connectivity index (χ2v) is 4.67. The largest absolute Gasteiger partial charge is 0.492 e. The maximum absolute atomic E-state index is 11.2. The van der Waals surface area contributed by atoms with Crippen molar-refractivity contribution in [1.82, 2.24) is 0 Å². The van der Waals surface area contributed by atoms with Gasteiger partial charge < -0.3 is 4.74 Å². The lowest BCUT2D eigenvalue weighted by Gasteiger charge is -2.30. The van der Waals surface area contributed by atoms with Crippen molar-refractivity contribution in [2.75, 3.05) is 0 Å². The molecule has 3 rings (SSSR count). The Morgan fingerprint density at radius 3 is 2.65 bits per heavy atom. The standard InChI is InChI=1S/C15H11BO2.C2H6/c1-15(16)7-6-13-11(9-17)8-10-4-2-3-5-12(10)14(13)18-15;1-2/h2-9H,1H3;1-2H3. The molecule has 100 valence electrons. The molecule has 0 saturated heterocycles. The molecule has 2 radical (unpaired) electrons. The summed E-state index contributed by atoms with van der Waals surface area (Å²) < 4.78 is 5.81. The van der Waals surface area contributed by atoms with Crippen molar-refractivity contribution in [3.8, 4) is 5.75 Å². The molecule has 0 fully saturated rings. The second-order valence-electron chi connectivity index (χ2n) is 4.67. The van der Waals surface area contributed by atoms with E-state index in [-0.39, 0.29) is 0 Å². The van der Waals surface area contributed by atoms with E-state index in [0.29, 0.717) is 11.3 Å². The van der Waals surface area contributed by atoms with Gasteiger partial charge in [0.2, 0.25) is 0 Å². The molecule has 20 heavy (non-hydrogen) atoms. The molecule has 3 heteroatoms. The van der Waals surface area contributed by atoms with Crippen LogP contribution in [0.1, 0.15) is 36.7 Å². The van der Waals surface area contributed by atoms with Crippen LogP contribution in [-0.4, -0.2) is 19.6 Å². The molecular formula is C17H17BO2. The maximum atomic E-state index is 11.2. The fraction of sp³-hybridized carbons (Fsp3) is 0.235. The van der Waals surface area contributed by atoms with Crippen LogP contribution in [0.15, 0.2) is 36.4 Å². The Bertz CT molecular complexity index is 672. The van der Waals surface area contributed by atoms with Crippen LogP contribution in [0.5, 0.6) is 5.75 Å². The zero-order valence-corrected chi connectivity index (χ0v) is 12.0. The summed E-state index contributed by atoms with van der Waals surface area (Å²) in [6.45, 7) is 5.79. The highest BCUT2D eigenvalue weighted by molar-refractivity contribution is 6.17. The highest BCUT2D eigenvalue weighted by Gasteiger charge is 2.24. The number of hydrogen-bond acceptors (Lipinski definition) is 2. The normalized spacial score (nSPS) is 19.6. The molecular weight excluding hydrogens is 247 g/mol. The minimum Gasteiger partial charge on any atom is -0.492 e. The molecule has 1 heterocycles. The van der Waals surface area contributed by atoms with E-state index in [2.05, 4.69) is 0 Å². The predicted octanol–water partition coefficient (Wildman–Crippen LogP) is 3.97. The van der Waals surface area contributed by atoms with Gasteiger partial charge in [0.15, 0.2) is 6.29 Å². The van der Waals surface area contributed by atoms with Gasteiger partial charge in [-0.15, -0.1) is 0 Å². The Labute approximate surface area is 120 Å². The number of fused-ring (bicyclic) bond motifs is 3. The molecule has 1 unspecified atom stereocenters. The number of carbonyl (C=O) groups is 1. The fourth-order valence-corrected chi connectivity index (χ4v) is 2.23. The zero-order valence-electron chi connectivity index (χ0n) is 12.0. The molecule has 2 nitrogen and oxygen atoms in total. The monoisotopic (exact) mass is 264 g/mol. The zero-order chi connectivity index (χ0) is 14.8. The van der Waals surface area contributed by atoms with Crippen LogP contribution in [-0.2, 0) is 0 Å². The van der Waals surface area contributed by atoms with E-state index < -0.39 is 5.50 Å². The fourth-order valence-electron chi connectivity index (χ4n) is 2.23. The van der Waals surface area contributed by atoms with Gasteiger partial charge in [0.05, 0.1) is 5.50 Å². The smallest absolute Gasteiger partial charge is 0.150 e. The highest BCUT2D eigenvalue weighted by Crippen LogP contribution is 2.38. The van der Waals surface area contributed by atoms with E-state index >= 15 is 0 Å². The van der Waals surface area contributed by atoms with Gasteiger partial charge in [-0.3, -0.25) is 4.79 Å². The molecule has 2 aromatic rings. The molecule has 1 aliphatic rings. The van der Waals surface area contributed by atoms with Gasteiger partial charge in [0, 0.05) is 16.5 Å². The van der Waals surface area contributed by atoms with Gasteiger partial charge in [-0.1, -0.05) is 50.3 Å². The molecule has 1 atom stereocenters. The Hall–Kier alpha value is -2.03. The van der Waals surface area contributed by atoms with Gasteiger partial charge in [-0.25, -0.2) is 0 Å². The van der Waals surface area contributed by atoms with E-state index in [1.165, 1.54) is 0 Å². The van der Waals surface area contributed by atoms with Crippen LogP contribution in [0.4, 0.5) is 0 Å². The SMILES string of the molecule is CC.[B]C1(C)C=Cc2c(C=O)cc3ccccc3c2O1. The first kappa shape index (κ1) is 14.4. The van der Waals surface area contributed by atoms with Crippen molar-refractivity contribution in [2.24, 2.45) is 0 Å². The summed E-state index contributed by atoms with van der Waals surface area (Å²) in [4.78, 5) is 11.2. The van der Waals surface area contributed by atoms with Crippen molar-refractivity contribution < 1.29 is 9.53 Å². The number of aldehydes is 1. The summed E-state index contributed by atoms with van der Waals surface area (Å²) in [7, 11) is 5.98. The third kappa shape index (κ3) is 2.48. The number of benzene rings is 2. The molecule has 0 aliphatic carbocycles. The molecule has 1 aliphatic heterocycles. The van der Waals surface area contributed by atoms with Crippen LogP contribution in [0.2, 0.25) is 0 Å². The van der Waals surface area contributed by atoms with Gasteiger partial charge in [-0.2, -0.15) is 0 Å². The van der Waals surface area contributed by atoms with Crippen molar-refractivity contribution in [3.63, 3.8) is 0 Å². The third-order valence-electron chi connectivity index (χ3n) is 3.10. The topological polar surface area (TPSA) is 26.3 Å². The average Bonchev–Trinajstić information content (AvgIpc) is 2.47. The Morgan fingerprint density at radius 2 is 1.95 bits per heavy atom. The molecule has 0 saturated carbocycles. The van der Waals surface area contributed by atoms with E-state index in [9.17, 15) is 4.79 Å². The van der Waals surface area contributed by atoms with Crippen LogP contribution < -0.4 is 4.74 Å². The van der Waals surface area contributed by atoms with Crippen molar-refractivity contribution in [2.45, 2.75) is 26.3 Å². The molecule has 0 aromatic heterocycles. The minimum atomic E-state index is -0.836. The number of carbonyl (C=O) groups excluding carboxylic acids is 1. The number of hydrogen-bond donors (Lipinski definition) is 0. The van der Waals surface area contributed by atoms with Crippen molar-refractivity contribution in [1.29, 1.82) is 0 Å². The van der Waals surface area contributed by atoms with Gasteiger partial charge in [0.1, 0.15) is 13.6 Å². The Kier molecular flexibility index (Phi) is 3.98. The van der Waals surface area contributed by atoms with E-state index in [0.717, 1.165) is 22.6 Å². The Morgan fingerprint density at radius 1 is 1.25 bits per heavy atom. The minimum absolute atomic E-state index is 0.621. The lowest BCUT2D eigenvalue weighted by atomic mass is 9.80. The molecule has 0 spiro atoms. The van der Waals surface area contributed by atoms with Gasteiger partial charge in [0.25, 0.3) is 0 Å². The lowest BCUT2D eigenvalue weighted by Crippen LogP contribution is -2.32. The van der Waals surface area contributed by atoms with Gasteiger partial charge >= 0.3 is 0 Å². The van der Waals surface area contributed by atoms with Crippen LogP contribution in [0.25, 0.3) is 16.8 Å². The van der Waals surface area contributed by atoms with E-state index in [4.69, 9.17) is 12.6 Å². The lowest BCUT2D eigenvalue weighted by molar-refractivity contribution is 0.112. The number of rotatable bonds is 1. The summed E-state index contributed by atoms with van der Waals surface area (Å²) in [5.41, 5.74) is 0.583. The van der Waals surface area contributed by atoms with Crippen molar-refractivity contribution in [3.05, 3.63) is 47.5 Å². The first-order valence-electron chi connectivity index (χ1n) is 6.79. The maximum Gasteiger partial charge on any atom is 0.150 e. The summed E-state index contributed by atoms with van der Waals surface area (Å²) in [6.07, 6.45) is 4.46.